The summed E-state index contributed by atoms with van der Waals surface area (Å²) in [5.74, 6) is -0.258. The highest BCUT2D eigenvalue weighted by atomic mass is 19.1. The summed E-state index contributed by atoms with van der Waals surface area (Å²) >= 11 is 0. The van der Waals surface area contributed by atoms with Crippen LogP contribution in [0.2, 0.25) is 0 Å². The number of phenols is 1. The number of benzene rings is 1. The molecule has 0 atom stereocenters. The van der Waals surface area contributed by atoms with Crippen molar-refractivity contribution in [1.29, 1.82) is 0 Å². The van der Waals surface area contributed by atoms with Gasteiger partial charge in [0.15, 0.2) is 0 Å². The zero-order valence-electron chi connectivity index (χ0n) is 8.05. The molecule has 14 heavy (non-hydrogen) atoms. The maximum atomic E-state index is 13.2. The van der Waals surface area contributed by atoms with Crippen LogP contribution < -0.4 is 0 Å². The smallest absolute Gasteiger partial charge is 0.126 e. The van der Waals surface area contributed by atoms with Crippen LogP contribution in [0.5, 0.6) is 5.75 Å². The molecule has 2 rings (SSSR count). The summed E-state index contributed by atoms with van der Waals surface area (Å²) in [6, 6.07) is 2.71. The van der Waals surface area contributed by atoms with E-state index in [1.54, 1.807) is 6.92 Å². The first kappa shape index (κ1) is 9.46. The van der Waals surface area contributed by atoms with Gasteiger partial charge in [-0.15, -0.1) is 0 Å². The quantitative estimate of drug-likeness (QED) is 0.758. The van der Waals surface area contributed by atoms with E-state index < -0.39 is 5.60 Å². The minimum atomic E-state index is -0.695. The lowest BCUT2D eigenvalue weighted by atomic mass is 10.0. The molecule has 2 nitrogen and oxygen atoms in total. The number of aliphatic hydroxyl groups is 1. The van der Waals surface area contributed by atoms with Gasteiger partial charge in [0.1, 0.15) is 11.6 Å². The largest absolute Gasteiger partial charge is 0.508 e. The Kier molecular flexibility index (Phi) is 2.00. The number of aromatic hydroxyl groups is 1. The SMILES string of the molecule is Cc1cc(O)c(CC2(O)CC2)cc1F. The molecule has 1 fully saturated rings. The topological polar surface area (TPSA) is 40.5 Å². The maximum absolute atomic E-state index is 13.2. The van der Waals surface area contributed by atoms with Crippen molar-refractivity contribution in [2.75, 3.05) is 0 Å². The number of rotatable bonds is 2. The van der Waals surface area contributed by atoms with Crippen LogP contribution in [0.25, 0.3) is 0 Å². The Morgan fingerprint density at radius 3 is 2.64 bits per heavy atom. The van der Waals surface area contributed by atoms with Gasteiger partial charge in [-0.2, -0.15) is 0 Å². The minimum Gasteiger partial charge on any atom is -0.508 e. The van der Waals surface area contributed by atoms with E-state index in [0.717, 1.165) is 12.8 Å². The summed E-state index contributed by atoms with van der Waals surface area (Å²) in [5, 5.41) is 19.2. The average Bonchev–Trinajstić information content (AvgIpc) is 2.80. The molecule has 0 aliphatic heterocycles. The standard InChI is InChI=1S/C11H13FO2/c1-7-4-10(13)8(5-9(7)12)6-11(14)2-3-11/h4-5,13-14H,2-3,6H2,1H3. The third kappa shape index (κ3) is 1.73. The fraction of sp³-hybridized carbons (Fsp3) is 0.455. The van der Waals surface area contributed by atoms with Crippen LogP contribution in [0.15, 0.2) is 12.1 Å². The molecule has 1 aliphatic rings. The van der Waals surface area contributed by atoms with Gasteiger partial charge in [0.25, 0.3) is 0 Å². The molecule has 3 heteroatoms. The van der Waals surface area contributed by atoms with Gasteiger partial charge in [-0.1, -0.05) is 0 Å². The lowest BCUT2D eigenvalue weighted by molar-refractivity contribution is 0.150. The normalized spacial score (nSPS) is 18.2. The van der Waals surface area contributed by atoms with Gasteiger partial charge in [0.2, 0.25) is 0 Å². The van der Waals surface area contributed by atoms with Crippen molar-refractivity contribution in [2.24, 2.45) is 0 Å². The summed E-state index contributed by atoms with van der Waals surface area (Å²) in [6.07, 6.45) is 1.82. The van der Waals surface area contributed by atoms with Gasteiger partial charge in [-0.05, 0) is 43.0 Å². The zero-order valence-corrected chi connectivity index (χ0v) is 8.05. The first-order valence-corrected chi connectivity index (χ1v) is 4.71. The van der Waals surface area contributed by atoms with Crippen LogP contribution >= 0.6 is 0 Å². The van der Waals surface area contributed by atoms with Crippen molar-refractivity contribution in [3.05, 3.63) is 29.1 Å². The monoisotopic (exact) mass is 196 g/mol. The zero-order chi connectivity index (χ0) is 10.3. The first-order chi connectivity index (χ1) is 6.50. The van der Waals surface area contributed by atoms with E-state index in [2.05, 4.69) is 0 Å². The van der Waals surface area contributed by atoms with Gasteiger partial charge >= 0.3 is 0 Å². The molecule has 0 amide bonds. The molecule has 0 saturated heterocycles. The van der Waals surface area contributed by atoms with Crippen molar-refractivity contribution in [3.63, 3.8) is 0 Å². The molecule has 1 aliphatic carbocycles. The Balaban J connectivity index is 2.29. The molecule has 0 bridgehead atoms. The highest BCUT2D eigenvalue weighted by molar-refractivity contribution is 5.38. The molecule has 1 aromatic rings. The lowest BCUT2D eigenvalue weighted by Crippen LogP contribution is -2.11. The summed E-state index contributed by atoms with van der Waals surface area (Å²) in [5.41, 5.74) is 0.223. The van der Waals surface area contributed by atoms with Crippen LogP contribution in [0.1, 0.15) is 24.0 Å². The van der Waals surface area contributed by atoms with Crippen LogP contribution in [0, 0.1) is 12.7 Å². The Labute approximate surface area is 82.0 Å². The highest BCUT2D eigenvalue weighted by Crippen LogP contribution is 2.40. The number of hydrogen-bond acceptors (Lipinski definition) is 2. The number of hydrogen-bond donors (Lipinski definition) is 2. The van der Waals surface area contributed by atoms with Crippen LogP contribution in [-0.4, -0.2) is 15.8 Å². The molecule has 0 heterocycles. The highest BCUT2D eigenvalue weighted by Gasteiger charge is 2.40. The second-order valence-electron chi connectivity index (χ2n) is 4.13. The van der Waals surface area contributed by atoms with E-state index in [0.29, 0.717) is 17.5 Å². The first-order valence-electron chi connectivity index (χ1n) is 4.71. The average molecular weight is 196 g/mol. The molecule has 0 aromatic heterocycles. The fourth-order valence-electron chi connectivity index (χ4n) is 1.52. The maximum Gasteiger partial charge on any atom is 0.126 e. The van der Waals surface area contributed by atoms with E-state index in [1.165, 1.54) is 12.1 Å². The Morgan fingerprint density at radius 1 is 1.43 bits per heavy atom. The molecular weight excluding hydrogens is 183 g/mol. The summed E-state index contributed by atoms with van der Waals surface area (Å²) in [6.45, 7) is 1.60. The van der Waals surface area contributed by atoms with E-state index in [1.807, 2.05) is 0 Å². The molecule has 0 radical (unpaired) electrons. The number of halogens is 1. The van der Waals surface area contributed by atoms with E-state index in [-0.39, 0.29) is 11.6 Å². The lowest BCUT2D eigenvalue weighted by Gasteiger charge is -2.10. The van der Waals surface area contributed by atoms with Crippen molar-refractivity contribution >= 4 is 0 Å². The van der Waals surface area contributed by atoms with Crippen LogP contribution in [0.4, 0.5) is 4.39 Å². The van der Waals surface area contributed by atoms with Crippen molar-refractivity contribution in [3.8, 4) is 5.75 Å². The second-order valence-corrected chi connectivity index (χ2v) is 4.13. The van der Waals surface area contributed by atoms with Crippen molar-refractivity contribution in [1.82, 2.24) is 0 Å². The Bertz CT molecular complexity index is 370. The minimum absolute atomic E-state index is 0.0734. The van der Waals surface area contributed by atoms with E-state index in [4.69, 9.17) is 0 Å². The molecule has 0 unspecified atom stereocenters. The van der Waals surface area contributed by atoms with Gasteiger partial charge in [0.05, 0.1) is 5.60 Å². The summed E-state index contributed by atoms with van der Waals surface area (Å²) in [4.78, 5) is 0. The summed E-state index contributed by atoms with van der Waals surface area (Å²) in [7, 11) is 0. The van der Waals surface area contributed by atoms with Gasteiger partial charge in [-0.3, -0.25) is 0 Å². The number of aryl methyl sites for hydroxylation is 1. The predicted octanol–water partition coefficient (Wildman–Crippen LogP) is 1.91. The molecular formula is C11H13FO2. The predicted molar refractivity (Wildman–Crippen MR) is 50.7 cm³/mol. The Hall–Kier alpha value is -1.09. The van der Waals surface area contributed by atoms with Crippen LogP contribution in [-0.2, 0) is 6.42 Å². The molecule has 1 saturated carbocycles. The van der Waals surface area contributed by atoms with Crippen molar-refractivity contribution in [2.45, 2.75) is 31.8 Å². The van der Waals surface area contributed by atoms with Gasteiger partial charge in [-0.25, -0.2) is 4.39 Å². The van der Waals surface area contributed by atoms with E-state index in [9.17, 15) is 14.6 Å². The van der Waals surface area contributed by atoms with Gasteiger partial charge in [0, 0.05) is 6.42 Å². The fourth-order valence-corrected chi connectivity index (χ4v) is 1.52. The summed E-state index contributed by atoms with van der Waals surface area (Å²) < 4.78 is 13.2. The van der Waals surface area contributed by atoms with Crippen molar-refractivity contribution < 1.29 is 14.6 Å². The third-order valence-corrected chi connectivity index (χ3v) is 2.71. The van der Waals surface area contributed by atoms with Gasteiger partial charge < -0.3 is 10.2 Å². The van der Waals surface area contributed by atoms with E-state index >= 15 is 0 Å². The molecule has 0 spiro atoms. The molecule has 2 N–H and O–H groups in total. The molecule has 1 aromatic carbocycles. The third-order valence-electron chi connectivity index (χ3n) is 2.71. The number of phenolic OH excluding ortho intramolecular Hbond substituents is 1. The second kappa shape index (κ2) is 2.95. The van der Waals surface area contributed by atoms with Crippen LogP contribution in [0.3, 0.4) is 0 Å². The Morgan fingerprint density at radius 2 is 2.07 bits per heavy atom. The molecule has 76 valence electrons.